The summed E-state index contributed by atoms with van der Waals surface area (Å²) in [6.07, 6.45) is 9.32. The van der Waals surface area contributed by atoms with Crippen molar-refractivity contribution in [2.24, 2.45) is 0 Å². The second kappa shape index (κ2) is 17.5. The number of allylic oxidation sites excluding steroid dienone is 4. The van der Waals surface area contributed by atoms with E-state index in [1.54, 1.807) is 0 Å². The van der Waals surface area contributed by atoms with E-state index < -0.39 is 0 Å². The molecule has 0 bridgehead atoms. The largest absolute Gasteiger partial charge is 0.256 e. The van der Waals surface area contributed by atoms with Gasteiger partial charge in [-0.25, -0.2) is 19.9 Å². The zero-order chi connectivity index (χ0) is 38.9. The number of hydrogen-bond donors (Lipinski definition) is 0. The SMILES string of the molecule is C/C=C\C(=C/CC)c1cc(C)cc(-c2ccc(-c3cc(-c4cnc5ccccc5c4)cc(-c4nc(-c5ccccc5)nc(-c5ccccc5)n4)c3)cc2)n1.CC. The lowest BCUT2D eigenvalue weighted by molar-refractivity contribution is 1.07. The highest BCUT2D eigenvalue weighted by atomic mass is 15.0. The Kier molecular flexibility index (Phi) is 11.7. The first kappa shape index (κ1) is 37.5. The van der Waals surface area contributed by atoms with Crippen LogP contribution in [0.2, 0.25) is 0 Å². The molecule has 0 fully saturated rings. The fraction of sp³-hybridized carbons (Fsp3) is 0.118. The number of aromatic nitrogens is 5. The van der Waals surface area contributed by atoms with Gasteiger partial charge in [-0.15, -0.1) is 0 Å². The van der Waals surface area contributed by atoms with Crippen molar-refractivity contribution in [3.8, 4) is 67.7 Å². The first-order valence-electron chi connectivity index (χ1n) is 19.3. The number of pyridine rings is 2. The van der Waals surface area contributed by atoms with E-state index in [4.69, 9.17) is 24.9 Å². The van der Waals surface area contributed by atoms with Crippen molar-refractivity contribution in [2.45, 2.75) is 41.0 Å². The Morgan fingerprint density at radius 3 is 1.70 bits per heavy atom. The van der Waals surface area contributed by atoms with Crippen molar-refractivity contribution in [3.05, 3.63) is 181 Å². The molecule has 5 aromatic carbocycles. The van der Waals surface area contributed by atoms with Crippen LogP contribution >= 0.6 is 0 Å². The van der Waals surface area contributed by atoms with E-state index in [0.29, 0.717) is 17.5 Å². The Morgan fingerprint density at radius 1 is 0.518 bits per heavy atom. The molecule has 8 aromatic rings. The van der Waals surface area contributed by atoms with Crippen LogP contribution in [-0.4, -0.2) is 24.9 Å². The lowest BCUT2D eigenvalue weighted by Crippen LogP contribution is -2.00. The van der Waals surface area contributed by atoms with Crippen LogP contribution in [0.4, 0.5) is 0 Å². The van der Waals surface area contributed by atoms with Gasteiger partial charge in [-0.2, -0.15) is 0 Å². The first-order chi connectivity index (χ1) is 27.5. The summed E-state index contributed by atoms with van der Waals surface area (Å²) in [6, 6.07) is 50.1. The normalized spacial score (nSPS) is 11.4. The average molecular weight is 728 g/mol. The number of nitrogens with zero attached hydrogens (tertiary/aromatic N) is 5. The molecular formula is C51H45N5. The number of para-hydroxylation sites is 1. The molecular weight excluding hydrogens is 683 g/mol. The van der Waals surface area contributed by atoms with Crippen LogP contribution in [0.1, 0.15) is 45.4 Å². The summed E-state index contributed by atoms with van der Waals surface area (Å²) in [5.74, 6) is 1.85. The van der Waals surface area contributed by atoms with Crippen molar-refractivity contribution in [1.82, 2.24) is 24.9 Å². The van der Waals surface area contributed by atoms with Crippen molar-refractivity contribution < 1.29 is 0 Å². The van der Waals surface area contributed by atoms with Crippen LogP contribution in [-0.2, 0) is 0 Å². The molecule has 0 radical (unpaired) electrons. The molecule has 0 amide bonds. The maximum absolute atomic E-state index is 5.09. The molecule has 56 heavy (non-hydrogen) atoms. The number of aryl methyl sites for hydroxylation is 1. The van der Waals surface area contributed by atoms with Gasteiger partial charge < -0.3 is 0 Å². The third-order valence-electron chi connectivity index (χ3n) is 9.36. The Labute approximate surface area is 330 Å². The standard InChI is InChI=1S/C49H39N5.C2H6/c1-4-14-35(15-5-2)45-26-33(3)27-46(51-45)36-24-22-34(23-25-36)40-29-41(43-28-39-20-12-13-21-44(39)50-32-43)31-42(30-40)49-53-47(37-16-8-6-9-17-37)52-48(54-49)38-18-10-7-11-19-38;1-2/h4,6-32H,5H2,1-3H3;1-2H3/b14-4-,35-15+;. The predicted octanol–water partition coefficient (Wildman–Crippen LogP) is 13.5. The smallest absolute Gasteiger partial charge is 0.164 e. The molecule has 0 aliphatic carbocycles. The highest BCUT2D eigenvalue weighted by Gasteiger charge is 2.16. The number of benzene rings is 5. The molecule has 5 nitrogen and oxygen atoms in total. The average Bonchev–Trinajstić information content (AvgIpc) is 3.27. The molecule has 0 saturated carbocycles. The van der Waals surface area contributed by atoms with Gasteiger partial charge in [0.2, 0.25) is 0 Å². The van der Waals surface area contributed by atoms with Crippen LogP contribution in [0, 0.1) is 6.92 Å². The summed E-state index contributed by atoms with van der Waals surface area (Å²) in [5.41, 5.74) is 13.2. The Bertz CT molecular complexity index is 2590. The Balaban J connectivity index is 0.00000237. The summed E-state index contributed by atoms with van der Waals surface area (Å²) in [6.45, 7) is 10.3. The first-order valence-corrected chi connectivity index (χ1v) is 19.3. The third kappa shape index (κ3) is 8.43. The van der Waals surface area contributed by atoms with Crippen LogP contribution in [0.15, 0.2) is 170 Å². The molecule has 0 aliphatic rings. The third-order valence-corrected chi connectivity index (χ3v) is 9.36. The molecule has 0 N–H and O–H groups in total. The van der Waals surface area contributed by atoms with E-state index in [9.17, 15) is 0 Å². The Hall–Kier alpha value is -6.85. The summed E-state index contributed by atoms with van der Waals surface area (Å²) < 4.78 is 0. The lowest BCUT2D eigenvalue weighted by Gasteiger charge is -2.13. The maximum atomic E-state index is 5.09. The van der Waals surface area contributed by atoms with E-state index in [1.807, 2.05) is 106 Å². The van der Waals surface area contributed by atoms with E-state index in [2.05, 4.69) is 98.8 Å². The minimum absolute atomic E-state index is 0.602. The van der Waals surface area contributed by atoms with Gasteiger partial charge in [-0.1, -0.05) is 142 Å². The number of fused-ring (bicyclic) bond motifs is 1. The monoisotopic (exact) mass is 727 g/mol. The predicted molar refractivity (Wildman–Crippen MR) is 235 cm³/mol. The highest BCUT2D eigenvalue weighted by Crippen LogP contribution is 2.35. The lowest BCUT2D eigenvalue weighted by atomic mass is 9.95. The molecule has 3 heterocycles. The van der Waals surface area contributed by atoms with Gasteiger partial charge in [0.05, 0.1) is 16.9 Å². The van der Waals surface area contributed by atoms with Crippen molar-refractivity contribution in [1.29, 1.82) is 0 Å². The van der Waals surface area contributed by atoms with Gasteiger partial charge in [0, 0.05) is 39.4 Å². The van der Waals surface area contributed by atoms with Gasteiger partial charge in [-0.3, -0.25) is 4.98 Å². The van der Waals surface area contributed by atoms with Gasteiger partial charge >= 0.3 is 0 Å². The Morgan fingerprint density at radius 2 is 1.07 bits per heavy atom. The van der Waals surface area contributed by atoms with E-state index >= 15 is 0 Å². The molecule has 0 unspecified atom stereocenters. The minimum atomic E-state index is 0.602. The van der Waals surface area contributed by atoms with Crippen molar-refractivity contribution in [3.63, 3.8) is 0 Å². The molecule has 0 atom stereocenters. The van der Waals surface area contributed by atoms with Gasteiger partial charge in [-0.05, 0) is 90.6 Å². The molecule has 0 aliphatic heterocycles. The second-order valence-electron chi connectivity index (χ2n) is 13.3. The maximum Gasteiger partial charge on any atom is 0.164 e. The van der Waals surface area contributed by atoms with Crippen LogP contribution in [0.25, 0.3) is 84.2 Å². The molecule has 0 saturated heterocycles. The van der Waals surface area contributed by atoms with Crippen LogP contribution in [0.5, 0.6) is 0 Å². The molecule has 5 heteroatoms. The zero-order valence-electron chi connectivity index (χ0n) is 32.6. The fourth-order valence-corrected chi connectivity index (χ4v) is 6.71. The molecule has 3 aromatic heterocycles. The molecule has 0 spiro atoms. The van der Waals surface area contributed by atoms with Crippen LogP contribution in [0.3, 0.4) is 0 Å². The highest BCUT2D eigenvalue weighted by molar-refractivity contribution is 5.87. The minimum Gasteiger partial charge on any atom is -0.256 e. The number of rotatable bonds is 9. The van der Waals surface area contributed by atoms with E-state index in [1.165, 1.54) is 5.56 Å². The topological polar surface area (TPSA) is 64.5 Å². The van der Waals surface area contributed by atoms with Crippen LogP contribution < -0.4 is 0 Å². The van der Waals surface area contributed by atoms with Gasteiger partial charge in [0.25, 0.3) is 0 Å². The van der Waals surface area contributed by atoms with Crippen molar-refractivity contribution >= 4 is 16.5 Å². The summed E-state index contributed by atoms with van der Waals surface area (Å²) in [7, 11) is 0. The quantitative estimate of drug-likeness (QED) is 0.139. The van der Waals surface area contributed by atoms with E-state index in [0.717, 1.165) is 78.8 Å². The molecule has 274 valence electrons. The van der Waals surface area contributed by atoms with Gasteiger partial charge in [0.1, 0.15) is 0 Å². The summed E-state index contributed by atoms with van der Waals surface area (Å²) in [4.78, 5) is 25.0. The summed E-state index contributed by atoms with van der Waals surface area (Å²) in [5, 5.41) is 1.08. The van der Waals surface area contributed by atoms with Gasteiger partial charge in [0.15, 0.2) is 17.5 Å². The second-order valence-corrected chi connectivity index (χ2v) is 13.3. The van der Waals surface area contributed by atoms with E-state index in [-0.39, 0.29) is 0 Å². The zero-order valence-corrected chi connectivity index (χ0v) is 32.6. The van der Waals surface area contributed by atoms with Crippen molar-refractivity contribution in [2.75, 3.05) is 0 Å². The number of hydrogen-bond acceptors (Lipinski definition) is 5. The summed E-state index contributed by atoms with van der Waals surface area (Å²) >= 11 is 0. The molecule has 8 rings (SSSR count). The fourth-order valence-electron chi connectivity index (χ4n) is 6.71.